The minimum atomic E-state index is -3.24. The first kappa shape index (κ1) is 11.7. The Hall–Kier alpha value is -1.82. The molecule has 0 bridgehead atoms. The van der Waals surface area contributed by atoms with Crippen molar-refractivity contribution >= 4 is 15.5 Å². The number of nitrogen functional groups attached to an aromatic ring is 1. The van der Waals surface area contributed by atoms with Crippen molar-refractivity contribution in [2.45, 2.75) is 11.8 Å². The third-order valence-corrected chi connectivity index (χ3v) is 3.49. The van der Waals surface area contributed by atoms with E-state index in [1.54, 1.807) is 6.07 Å². The van der Waals surface area contributed by atoms with Gasteiger partial charge in [0.2, 0.25) is 0 Å². The summed E-state index contributed by atoms with van der Waals surface area (Å²) in [6, 6.07) is 5.51. The molecule has 90 valence electrons. The van der Waals surface area contributed by atoms with Crippen LogP contribution < -0.4 is 5.73 Å². The number of aryl methyl sites for hydroxylation is 1. The fraction of sp³-hybridized carbons (Fsp3) is 0.182. The topological polar surface area (TPSA) is 78.0 Å². The van der Waals surface area contributed by atoms with Crippen LogP contribution in [0.15, 0.2) is 35.5 Å². The molecule has 2 N–H and O–H groups in total. The zero-order chi connectivity index (χ0) is 12.6. The quantitative estimate of drug-likeness (QED) is 0.813. The standard InChI is InChI=1S/C11H13N3O2S/c1-8-3-4-10(12)11(5-8)14-7-9(6-13-14)17(2,15)16/h3-7H,12H2,1-2H3. The first-order chi connectivity index (χ1) is 7.88. The van der Waals surface area contributed by atoms with E-state index < -0.39 is 9.84 Å². The molecule has 6 heteroatoms. The van der Waals surface area contributed by atoms with Gasteiger partial charge in [0.05, 0.1) is 17.6 Å². The predicted molar refractivity (Wildman–Crippen MR) is 65.8 cm³/mol. The molecule has 0 aliphatic rings. The second-order valence-corrected chi connectivity index (χ2v) is 5.97. The number of hydrogen-bond acceptors (Lipinski definition) is 4. The molecule has 1 heterocycles. The molecule has 2 rings (SSSR count). The summed E-state index contributed by atoms with van der Waals surface area (Å²) in [4.78, 5) is 0.179. The van der Waals surface area contributed by atoms with Gasteiger partial charge in [-0.3, -0.25) is 0 Å². The van der Waals surface area contributed by atoms with Crippen LogP contribution in [-0.2, 0) is 9.84 Å². The van der Waals surface area contributed by atoms with Gasteiger partial charge in [-0.25, -0.2) is 13.1 Å². The van der Waals surface area contributed by atoms with Crippen molar-refractivity contribution in [3.63, 3.8) is 0 Å². The summed E-state index contributed by atoms with van der Waals surface area (Å²) in [6.07, 6.45) is 3.92. The van der Waals surface area contributed by atoms with Crippen molar-refractivity contribution in [3.05, 3.63) is 36.2 Å². The van der Waals surface area contributed by atoms with Crippen LogP contribution in [0.5, 0.6) is 0 Å². The molecular formula is C11H13N3O2S. The van der Waals surface area contributed by atoms with Gasteiger partial charge in [0, 0.05) is 12.5 Å². The van der Waals surface area contributed by atoms with Gasteiger partial charge in [-0.1, -0.05) is 6.07 Å². The molecule has 0 saturated heterocycles. The number of aromatic nitrogens is 2. The van der Waals surface area contributed by atoms with Crippen molar-refractivity contribution in [1.82, 2.24) is 9.78 Å². The minimum absolute atomic E-state index is 0.179. The summed E-state index contributed by atoms with van der Waals surface area (Å²) in [5, 5.41) is 4.01. The predicted octanol–water partition coefficient (Wildman–Crippen LogP) is 1.17. The molecule has 0 aliphatic carbocycles. The second-order valence-electron chi connectivity index (χ2n) is 3.96. The van der Waals surface area contributed by atoms with Gasteiger partial charge < -0.3 is 5.73 Å². The largest absolute Gasteiger partial charge is 0.397 e. The highest BCUT2D eigenvalue weighted by Crippen LogP contribution is 2.19. The van der Waals surface area contributed by atoms with Crippen molar-refractivity contribution in [2.24, 2.45) is 0 Å². The molecule has 1 aromatic carbocycles. The van der Waals surface area contributed by atoms with Crippen LogP contribution in [-0.4, -0.2) is 24.5 Å². The van der Waals surface area contributed by atoms with Crippen LogP contribution in [0.3, 0.4) is 0 Å². The van der Waals surface area contributed by atoms with Crippen LogP contribution in [0.4, 0.5) is 5.69 Å². The van der Waals surface area contributed by atoms with Crippen molar-refractivity contribution in [3.8, 4) is 5.69 Å². The first-order valence-electron chi connectivity index (χ1n) is 4.99. The van der Waals surface area contributed by atoms with E-state index in [1.807, 2.05) is 19.1 Å². The van der Waals surface area contributed by atoms with E-state index in [0.717, 1.165) is 11.8 Å². The van der Waals surface area contributed by atoms with E-state index >= 15 is 0 Å². The number of rotatable bonds is 2. The first-order valence-corrected chi connectivity index (χ1v) is 6.88. The van der Waals surface area contributed by atoms with Gasteiger partial charge in [0.15, 0.2) is 9.84 Å². The molecule has 0 saturated carbocycles. The van der Waals surface area contributed by atoms with Crippen molar-refractivity contribution < 1.29 is 8.42 Å². The number of nitrogens with zero attached hydrogens (tertiary/aromatic N) is 2. The van der Waals surface area contributed by atoms with Gasteiger partial charge in [-0.2, -0.15) is 5.10 Å². The molecule has 0 fully saturated rings. The SMILES string of the molecule is Cc1ccc(N)c(-n2cc(S(C)(=O)=O)cn2)c1. The zero-order valence-corrected chi connectivity index (χ0v) is 10.4. The molecule has 0 amide bonds. The van der Waals surface area contributed by atoms with Gasteiger partial charge >= 0.3 is 0 Å². The second kappa shape index (κ2) is 3.89. The van der Waals surface area contributed by atoms with Crippen molar-refractivity contribution in [2.75, 3.05) is 12.0 Å². The lowest BCUT2D eigenvalue weighted by Gasteiger charge is -2.06. The maximum absolute atomic E-state index is 11.3. The molecule has 0 spiro atoms. The van der Waals surface area contributed by atoms with Gasteiger partial charge in [0.25, 0.3) is 0 Å². The van der Waals surface area contributed by atoms with Crippen LogP contribution in [0, 0.1) is 6.92 Å². The Morgan fingerprint density at radius 1 is 1.35 bits per heavy atom. The summed E-state index contributed by atoms with van der Waals surface area (Å²) in [5.74, 6) is 0. The number of anilines is 1. The Labute approximate surface area is 99.8 Å². The Kier molecular flexibility index (Phi) is 2.66. The molecule has 2 aromatic rings. The van der Waals surface area contributed by atoms with E-state index in [0.29, 0.717) is 11.4 Å². The van der Waals surface area contributed by atoms with E-state index in [2.05, 4.69) is 5.10 Å². The molecule has 0 radical (unpaired) electrons. The van der Waals surface area contributed by atoms with Crippen LogP contribution >= 0.6 is 0 Å². The third-order valence-electron chi connectivity index (χ3n) is 2.42. The maximum Gasteiger partial charge on any atom is 0.178 e. The lowest BCUT2D eigenvalue weighted by atomic mass is 10.2. The normalized spacial score (nSPS) is 11.6. The Morgan fingerprint density at radius 2 is 2.06 bits per heavy atom. The summed E-state index contributed by atoms with van der Waals surface area (Å²) in [5.41, 5.74) is 8.10. The summed E-state index contributed by atoms with van der Waals surface area (Å²) < 4.78 is 24.2. The molecule has 17 heavy (non-hydrogen) atoms. The molecule has 0 unspecified atom stereocenters. The highest BCUT2D eigenvalue weighted by molar-refractivity contribution is 7.90. The number of benzene rings is 1. The highest BCUT2D eigenvalue weighted by atomic mass is 32.2. The molecule has 5 nitrogen and oxygen atoms in total. The fourth-order valence-electron chi connectivity index (χ4n) is 1.48. The van der Waals surface area contributed by atoms with Gasteiger partial charge in [0.1, 0.15) is 4.90 Å². The maximum atomic E-state index is 11.3. The van der Waals surface area contributed by atoms with Gasteiger partial charge in [-0.15, -0.1) is 0 Å². The van der Waals surface area contributed by atoms with E-state index in [-0.39, 0.29) is 4.90 Å². The lowest BCUT2D eigenvalue weighted by molar-refractivity contribution is 0.602. The fourth-order valence-corrected chi connectivity index (χ4v) is 2.01. The van der Waals surface area contributed by atoms with Crippen molar-refractivity contribution in [1.29, 1.82) is 0 Å². The van der Waals surface area contributed by atoms with Gasteiger partial charge in [-0.05, 0) is 24.6 Å². The Morgan fingerprint density at radius 3 is 2.65 bits per heavy atom. The molecule has 0 atom stereocenters. The number of sulfone groups is 1. The number of hydrogen-bond donors (Lipinski definition) is 1. The van der Waals surface area contributed by atoms with Crippen LogP contribution in [0.2, 0.25) is 0 Å². The van der Waals surface area contributed by atoms with E-state index in [4.69, 9.17) is 5.73 Å². The van der Waals surface area contributed by atoms with Crippen LogP contribution in [0.1, 0.15) is 5.56 Å². The smallest absolute Gasteiger partial charge is 0.178 e. The zero-order valence-electron chi connectivity index (χ0n) is 9.58. The average Bonchev–Trinajstić information content (AvgIpc) is 2.70. The van der Waals surface area contributed by atoms with E-state index in [1.165, 1.54) is 17.1 Å². The monoisotopic (exact) mass is 251 g/mol. The van der Waals surface area contributed by atoms with E-state index in [9.17, 15) is 8.42 Å². The summed E-state index contributed by atoms with van der Waals surface area (Å²) in [6.45, 7) is 1.93. The highest BCUT2D eigenvalue weighted by Gasteiger charge is 2.11. The lowest BCUT2D eigenvalue weighted by Crippen LogP contribution is -2.01. The molecular weight excluding hydrogens is 238 g/mol. The Balaban J connectivity index is 2.55. The molecule has 1 aromatic heterocycles. The molecule has 0 aliphatic heterocycles. The Bertz CT molecular complexity index is 659. The van der Waals surface area contributed by atoms with Crippen LogP contribution in [0.25, 0.3) is 5.69 Å². The third kappa shape index (κ3) is 2.31. The summed E-state index contributed by atoms with van der Waals surface area (Å²) >= 11 is 0. The summed E-state index contributed by atoms with van der Waals surface area (Å²) in [7, 11) is -3.24. The minimum Gasteiger partial charge on any atom is -0.397 e. The number of nitrogens with two attached hydrogens (primary N) is 1. The average molecular weight is 251 g/mol.